The van der Waals surface area contributed by atoms with Crippen LogP contribution in [0.2, 0.25) is 0 Å². The molecular weight excluding hydrogens is 286 g/mol. The molecule has 5 nitrogen and oxygen atoms in total. The average Bonchev–Trinajstić information content (AvgIpc) is 3.17. The molecule has 1 atom stereocenters. The van der Waals surface area contributed by atoms with Crippen LogP contribution >= 0.6 is 0 Å². The van der Waals surface area contributed by atoms with Gasteiger partial charge in [0.2, 0.25) is 10.0 Å². The van der Waals surface area contributed by atoms with Gasteiger partial charge >= 0.3 is 0 Å². The van der Waals surface area contributed by atoms with Crippen molar-refractivity contribution in [2.24, 2.45) is 0 Å². The zero-order chi connectivity index (χ0) is 15.5. The van der Waals surface area contributed by atoms with Gasteiger partial charge in [-0.05, 0) is 39.3 Å². The lowest BCUT2D eigenvalue weighted by Crippen LogP contribution is -2.32. The van der Waals surface area contributed by atoms with E-state index in [9.17, 15) is 8.42 Å². The Bertz CT molecular complexity index is 561. The molecule has 1 aromatic rings. The SMILES string of the molecule is CCCCC(C)NS(=O)(=O)c1cc(CNC)n(C2CC2)c1. The molecule has 2 rings (SSSR count). The smallest absolute Gasteiger partial charge is 0.242 e. The van der Waals surface area contributed by atoms with Crippen LogP contribution in [0.1, 0.15) is 57.7 Å². The fourth-order valence-electron chi connectivity index (χ4n) is 2.56. The summed E-state index contributed by atoms with van der Waals surface area (Å²) >= 11 is 0. The third-order valence-corrected chi connectivity index (χ3v) is 5.42. The predicted octanol–water partition coefficient (Wildman–Crippen LogP) is 2.40. The lowest BCUT2D eigenvalue weighted by Gasteiger charge is -2.12. The molecule has 1 unspecified atom stereocenters. The molecule has 21 heavy (non-hydrogen) atoms. The van der Waals surface area contributed by atoms with Crippen LogP contribution in [-0.2, 0) is 16.6 Å². The van der Waals surface area contributed by atoms with Gasteiger partial charge < -0.3 is 9.88 Å². The van der Waals surface area contributed by atoms with E-state index in [1.807, 2.05) is 14.0 Å². The van der Waals surface area contributed by atoms with Crippen LogP contribution in [0.4, 0.5) is 0 Å². The maximum absolute atomic E-state index is 12.5. The Balaban J connectivity index is 2.13. The van der Waals surface area contributed by atoms with Crippen LogP contribution in [0.3, 0.4) is 0 Å². The summed E-state index contributed by atoms with van der Waals surface area (Å²) in [6.07, 6.45) is 7.08. The number of nitrogens with zero attached hydrogens (tertiary/aromatic N) is 1. The van der Waals surface area contributed by atoms with E-state index in [0.717, 1.165) is 37.8 Å². The third-order valence-electron chi connectivity index (χ3n) is 3.86. The van der Waals surface area contributed by atoms with Gasteiger partial charge in [-0.15, -0.1) is 0 Å². The first-order valence-electron chi connectivity index (χ1n) is 7.85. The van der Waals surface area contributed by atoms with Crippen molar-refractivity contribution in [3.63, 3.8) is 0 Å². The fraction of sp³-hybridized carbons (Fsp3) is 0.733. The van der Waals surface area contributed by atoms with Gasteiger partial charge in [0, 0.05) is 30.5 Å². The number of nitrogens with one attached hydrogen (secondary N) is 2. The Morgan fingerprint density at radius 1 is 1.43 bits per heavy atom. The van der Waals surface area contributed by atoms with Crippen molar-refractivity contribution in [1.29, 1.82) is 0 Å². The van der Waals surface area contributed by atoms with Gasteiger partial charge in [-0.2, -0.15) is 0 Å². The van der Waals surface area contributed by atoms with Crippen LogP contribution < -0.4 is 10.0 Å². The molecule has 1 aliphatic carbocycles. The minimum Gasteiger partial charge on any atom is -0.346 e. The molecule has 1 heterocycles. The van der Waals surface area contributed by atoms with Crippen LogP contribution in [0.25, 0.3) is 0 Å². The van der Waals surface area contributed by atoms with E-state index in [-0.39, 0.29) is 6.04 Å². The molecule has 2 N–H and O–H groups in total. The highest BCUT2D eigenvalue weighted by Crippen LogP contribution is 2.37. The molecule has 0 aromatic carbocycles. The number of hydrogen-bond donors (Lipinski definition) is 2. The van der Waals surface area contributed by atoms with E-state index >= 15 is 0 Å². The number of hydrogen-bond acceptors (Lipinski definition) is 3. The van der Waals surface area contributed by atoms with Gasteiger partial charge in [-0.1, -0.05) is 19.8 Å². The van der Waals surface area contributed by atoms with Gasteiger partial charge in [-0.3, -0.25) is 0 Å². The third kappa shape index (κ3) is 4.31. The summed E-state index contributed by atoms with van der Waals surface area (Å²) in [6, 6.07) is 2.26. The first-order chi connectivity index (χ1) is 9.97. The lowest BCUT2D eigenvalue weighted by molar-refractivity contribution is 0.534. The van der Waals surface area contributed by atoms with Gasteiger partial charge in [0.25, 0.3) is 0 Å². The van der Waals surface area contributed by atoms with E-state index in [1.165, 1.54) is 0 Å². The summed E-state index contributed by atoms with van der Waals surface area (Å²) in [5.41, 5.74) is 1.04. The number of aromatic nitrogens is 1. The molecule has 0 spiro atoms. The van der Waals surface area contributed by atoms with Crippen LogP contribution in [0.5, 0.6) is 0 Å². The Hall–Kier alpha value is -0.850. The minimum atomic E-state index is -3.41. The van der Waals surface area contributed by atoms with Crippen LogP contribution in [0, 0.1) is 0 Å². The summed E-state index contributed by atoms with van der Waals surface area (Å²) in [5, 5.41) is 3.10. The van der Waals surface area contributed by atoms with E-state index in [4.69, 9.17) is 0 Å². The number of sulfonamides is 1. The fourth-order valence-corrected chi connectivity index (χ4v) is 3.89. The number of rotatable bonds is 9. The monoisotopic (exact) mass is 313 g/mol. The summed E-state index contributed by atoms with van der Waals surface area (Å²) in [4.78, 5) is 0.392. The van der Waals surface area contributed by atoms with E-state index in [0.29, 0.717) is 17.5 Å². The van der Waals surface area contributed by atoms with Crippen molar-refractivity contribution < 1.29 is 8.42 Å². The molecule has 0 amide bonds. The molecule has 0 saturated heterocycles. The zero-order valence-corrected chi connectivity index (χ0v) is 14.0. The molecule has 0 aliphatic heterocycles. The molecule has 0 radical (unpaired) electrons. The topological polar surface area (TPSA) is 63.1 Å². The normalized spacial score (nSPS) is 17.1. The Labute approximate surface area is 128 Å². The van der Waals surface area contributed by atoms with Crippen molar-refractivity contribution in [1.82, 2.24) is 14.6 Å². The molecule has 6 heteroatoms. The summed E-state index contributed by atoms with van der Waals surface area (Å²) in [5.74, 6) is 0. The van der Waals surface area contributed by atoms with Crippen molar-refractivity contribution in [2.75, 3.05) is 7.05 Å². The van der Waals surface area contributed by atoms with E-state index in [1.54, 1.807) is 12.3 Å². The second-order valence-corrected chi connectivity index (χ2v) is 7.71. The highest BCUT2D eigenvalue weighted by molar-refractivity contribution is 7.89. The van der Waals surface area contributed by atoms with Gasteiger partial charge in [-0.25, -0.2) is 13.1 Å². The van der Waals surface area contributed by atoms with Gasteiger partial charge in [0.05, 0.1) is 4.90 Å². The molecule has 1 fully saturated rings. The Kier molecular flexibility index (Phi) is 5.46. The average molecular weight is 313 g/mol. The molecule has 1 aliphatic rings. The minimum absolute atomic E-state index is 0.0213. The molecule has 1 saturated carbocycles. The second-order valence-electron chi connectivity index (χ2n) is 6.00. The lowest BCUT2D eigenvalue weighted by atomic mass is 10.2. The number of unbranched alkanes of at least 4 members (excludes halogenated alkanes) is 1. The Morgan fingerprint density at radius 2 is 2.14 bits per heavy atom. The van der Waals surface area contributed by atoms with Crippen molar-refractivity contribution >= 4 is 10.0 Å². The van der Waals surface area contributed by atoms with E-state index < -0.39 is 10.0 Å². The quantitative estimate of drug-likeness (QED) is 0.736. The highest BCUT2D eigenvalue weighted by atomic mass is 32.2. The Morgan fingerprint density at radius 3 is 2.71 bits per heavy atom. The van der Waals surface area contributed by atoms with Crippen molar-refractivity contribution in [3.05, 3.63) is 18.0 Å². The van der Waals surface area contributed by atoms with Crippen LogP contribution in [0.15, 0.2) is 17.2 Å². The predicted molar refractivity (Wildman–Crippen MR) is 84.8 cm³/mol. The van der Waals surface area contributed by atoms with Gasteiger partial charge in [0.15, 0.2) is 0 Å². The van der Waals surface area contributed by atoms with Crippen molar-refractivity contribution in [2.45, 2.75) is 69.5 Å². The standard InChI is InChI=1S/C15H27N3O2S/c1-4-5-6-12(2)17-21(19,20)15-9-14(10-16-3)18(11-15)13-7-8-13/h9,11-13,16-17H,4-8,10H2,1-3H3. The summed E-state index contributed by atoms with van der Waals surface area (Å²) < 4.78 is 29.8. The molecular formula is C15H27N3O2S. The van der Waals surface area contributed by atoms with Crippen molar-refractivity contribution in [3.8, 4) is 0 Å². The maximum Gasteiger partial charge on any atom is 0.242 e. The zero-order valence-electron chi connectivity index (χ0n) is 13.2. The van der Waals surface area contributed by atoms with Crippen LogP contribution in [-0.4, -0.2) is 26.1 Å². The first kappa shape index (κ1) is 16.5. The van der Waals surface area contributed by atoms with E-state index in [2.05, 4.69) is 21.5 Å². The first-order valence-corrected chi connectivity index (χ1v) is 9.34. The maximum atomic E-state index is 12.5. The molecule has 0 bridgehead atoms. The second kappa shape index (κ2) is 6.94. The molecule has 1 aromatic heterocycles. The highest BCUT2D eigenvalue weighted by Gasteiger charge is 2.28. The summed E-state index contributed by atoms with van der Waals surface area (Å²) in [7, 11) is -1.54. The largest absolute Gasteiger partial charge is 0.346 e. The molecule has 120 valence electrons. The van der Waals surface area contributed by atoms with Gasteiger partial charge in [0.1, 0.15) is 0 Å². The summed E-state index contributed by atoms with van der Waals surface area (Å²) in [6.45, 7) is 4.73.